The molecule has 0 saturated heterocycles. The average Bonchev–Trinajstić information content (AvgIpc) is 1.91. The molecule has 1 nitrogen and oxygen atoms in total. The van der Waals surface area contributed by atoms with E-state index < -0.39 is 0 Å². The quantitative estimate of drug-likeness (QED) is 0.186. The van der Waals surface area contributed by atoms with Gasteiger partial charge in [-0.15, -0.1) is 0 Å². The Morgan fingerprint density at radius 2 is 1.45 bits per heavy atom. The number of halogens is 3. The zero-order valence-electron chi connectivity index (χ0n) is 5.97. The summed E-state index contributed by atoms with van der Waals surface area (Å²) in [5.41, 5.74) is 0. The van der Waals surface area contributed by atoms with Crippen molar-refractivity contribution in [1.82, 2.24) is 0 Å². The third-order valence-corrected chi connectivity index (χ3v) is 0.865. The molecule has 0 unspecified atom stereocenters. The second-order valence-corrected chi connectivity index (χ2v) is 29.7. The molecule has 0 atom stereocenters. The number of nitrogens with zero attached hydrogens (tertiary/aromatic N) is 1. The first-order chi connectivity index (χ1) is 4.81. The summed E-state index contributed by atoms with van der Waals surface area (Å²) in [4.78, 5) is 0. The van der Waals surface area contributed by atoms with Gasteiger partial charge >= 0.3 is 51.2 Å². The summed E-state index contributed by atoms with van der Waals surface area (Å²) in [5, 5.41) is 0. The minimum atomic E-state index is 0. The Bertz CT molecular complexity index is 159. The fraction of sp³-hybridized carbons (Fsp3) is 0.167. The summed E-state index contributed by atoms with van der Waals surface area (Å²) in [6.07, 6.45) is 4.00. The van der Waals surface area contributed by atoms with Gasteiger partial charge in [-0.2, -0.15) is 0 Å². The van der Waals surface area contributed by atoms with Gasteiger partial charge in [0, 0.05) is 12.1 Å². The van der Waals surface area contributed by atoms with E-state index in [1.165, 1.54) is 0 Å². The third-order valence-electron chi connectivity index (χ3n) is 0.865. The van der Waals surface area contributed by atoms with E-state index in [1.54, 1.807) is 0 Å². The first-order valence-corrected chi connectivity index (χ1v) is 24.5. The molecule has 0 aromatic carbocycles. The SMILES string of the molecule is C[n+]1ccccc1.[I-].[I][Pb][I]. The van der Waals surface area contributed by atoms with Gasteiger partial charge < -0.3 is 24.0 Å². The zero-order chi connectivity index (χ0) is 7.82. The summed E-state index contributed by atoms with van der Waals surface area (Å²) in [6.45, 7) is 0. The molecule has 0 N–H and O–H groups in total. The standard InChI is InChI=1S/C6H8N.3HI.Pb/c1-7-5-3-2-4-6-7;;;;/h2-6H,1H3;3*1H;/q+1;;;;+2/p-3. The number of hydrogen-bond acceptors (Lipinski definition) is 0. The number of rotatable bonds is 0. The van der Waals surface area contributed by atoms with Gasteiger partial charge in [0.1, 0.15) is 7.05 Å². The molecular formula is C6H8I3NPb. The van der Waals surface area contributed by atoms with E-state index in [2.05, 4.69) is 35.5 Å². The Morgan fingerprint density at radius 1 is 1.09 bits per heavy atom. The Kier molecular flexibility index (Phi) is 17.5. The van der Waals surface area contributed by atoms with Crippen molar-refractivity contribution in [2.45, 2.75) is 0 Å². The van der Waals surface area contributed by atoms with Gasteiger partial charge in [-0.05, 0) is 0 Å². The Labute approximate surface area is 115 Å². The molecule has 2 radical (unpaired) electrons. The Hall–Kier alpha value is 2.26. The van der Waals surface area contributed by atoms with Crippen molar-refractivity contribution in [2.24, 2.45) is 7.05 Å². The van der Waals surface area contributed by atoms with Crippen LogP contribution in [0.15, 0.2) is 30.6 Å². The van der Waals surface area contributed by atoms with E-state index in [0.29, 0.717) is 0 Å². The molecule has 62 valence electrons. The summed E-state index contributed by atoms with van der Waals surface area (Å²) in [7, 11) is 2.00. The van der Waals surface area contributed by atoms with Gasteiger partial charge in [0.2, 0.25) is 0 Å². The Balaban J connectivity index is 0. The molecule has 0 aliphatic carbocycles. The van der Waals surface area contributed by atoms with E-state index in [9.17, 15) is 0 Å². The van der Waals surface area contributed by atoms with Gasteiger partial charge in [0.15, 0.2) is 12.4 Å². The summed E-state index contributed by atoms with van der Waals surface area (Å²) >= 11 is 4.96. The molecule has 1 rings (SSSR count). The molecule has 0 spiro atoms. The molecule has 0 saturated carbocycles. The molecule has 1 aromatic rings. The van der Waals surface area contributed by atoms with Crippen LogP contribution in [-0.4, -0.2) is 15.6 Å². The summed E-state index contributed by atoms with van der Waals surface area (Å²) in [5.74, 6) is 0. The van der Waals surface area contributed by atoms with Crippen LogP contribution in [0.25, 0.3) is 0 Å². The fourth-order valence-corrected chi connectivity index (χ4v) is 0.485. The van der Waals surface area contributed by atoms with Crippen molar-refractivity contribution < 1.29 is 28.5 Å². The van der Waals surface area contributed by atoms with Crippen molar-refractivity contribution in [2.75, 3.05) is 0 Å². The van der Waals surface area contributed by atoms with Crippen LogP contribution in [0.5, 0.6) is 0 Å². The number of aromatic nitrogens is 1. The van der Waals surface area contributed by atoms with Crippen LogP contribution in [0, 0.1) is 0 Å². The van der Waals surface area contributed by atoms with E-state index in [1.807, 2.05) is 42.2 Å². The first kappa shape index (κ1) is 15.7. The van der Waals surface area contributed by atoms with Gasteiger partial charge in [-0.1, -0.05) is 6.07 Å². The van der Waals surface area contributed by atoms with Crippen LogP contribution in [0.1, 0.15) is 0 Å². The van der Waals surface area contributed by atoms with Crippen LogP contribution in [0.4, 0.5) is 0 Å². The molecule has 1 heterocycles. The monoisotopic (exact) mass is 683 g/mol. The minimum absolute atomic E-state index is 0. The van der Waals surface area contributed by atoms with Gasteiger partial charge in [0.25, 0.3) is 0 Å². The van der Waals surface area contributed by atoms with Crippen LogP contribution >= 0.6 is 35.5 Å². The topological polar surface area (TPSA) is 3.88 Å². The van der Waals surface area contributed by atoms with Crippen molar-refractivity contribution in [3.63, 3.8) is 0 Å². The van der Waals surface area contributed by atoms with Crippen molar-refractivity contribution >= 4 is 51.2 Å². The second-order valence-electron chi connectivity index (χ2n) is 1.61. The molecule has 0 aliphatic rings. The first-order valence-electron chi connectivity index (χ1n) is 2.67. The van der Waals surface area contributed by atoms with Crippen molar-refractivity contribution in [3.05, 3.63) is 30.6 Å². The van der Waals surface area contributed by atoms with Crippen LogP contribution in [0.2, 0.25) is 0 Å². The summed E-state index contributed by atoms with van der Waals surface area (Å²) < 4.78 is 2.00. The Morgan fingerprint density at radius 3 is 1.64 bits per heavy atom. The molecule has 0 amide bonds. The summed E-state index contributed by atoms with van der Waals surface area (Å²) in [6, 6.07) is 6.00. The molecule has 1 aromatic heterocycles. The maximum atomic E-state index is 2.47. The number of hydrogen-bond donors (Lipinski definition) is 0. The zero-order valence-corrected chi connectivity index (χ0v) is 16.3. The predicted molar refractivity (Wildman–Crippen MR) is 61.4 cm³/mol. The fourth-order valence-electron chi connectivity index (χ4n) is 0.485. The van der Waals surface area contributed by atoms with Gasteiger partial charge in [0.05, 0.1) is 0 Å². The van der Waals surface area contributed by atoms with Crippen molar-refractivity contribution in [3.8, 4) is 0 Å². The van der Waals surface area contributed by atoms with E-state index in [0.717, 1.165) is 0 Å². The van der Waals surface area contributed by atoms with Crippen LogP contribution < -0.4 is 28.5 Å². The van der Waals surface area contributed by atoms with E-state index >= 15 is 0 Å². The molecule has 0 fully saturated rings. The van der Waals surface area contributed by atoms with Gasteiger partial charge in [-0.25, -0.2) is 4.57 Å². The number of aryl methyl sites for hydroxylation is 1. The number of pyridine rings is 1. The average molecular weight is 682 g/mol. The maximum absolute atomic E-state index is 2.47. The predicted octanol–water partition coefficient (Wildman–Crippen LogP) is -1.09. The normalized spacial score (nSPS) is 7.18. The third kappa shape index (κ3) is 12.3. The molecular weight excluding hydrogens is 674 g/mol. The second kappa shape index (κ2) is 12.3. The van der Waals surface area contributed by atoms with Gasteiger partial charge in [-0.3, -0.25) is 0 Å². The van der Waals surface area contributed by atoms with Crippen LogP contribution in [-0.2, 0) is 7.05 Å². The van der Waals surface area contributed by atoms with E-state index in [-0.39, 0.29) is 39.6 Å². The molecule has 5 heteroatoms. The molecule has 0 aliphatic heterocycles. The molecule has 11 heavy (non-hydrogen) atoms. The van der Waals surface area contributed by atoms with Crippen LogP contribution in [0.3, 0.4) is 0 Å². The van der Waals surface area contributed by atoms with Crippen molar-refractivity contribution in [1.29, 1.82) is 0 Å². The molecule has 0 bridgehead atoms. The van der Waals surface area contributed by atoms with E-state index in [4.69, 9.17) is 0 Å².